The van der Waals surface area contributed by atoms with E-state index in [-0.39, 0.29) is 35.1 Å². The first-order valence-electron chi connectivity index (χ1n) is 10.5. The van der Waals surface area contributed by atoms with Gasteiger partial charge < -0.3 is 9.47 Å². The molecule has 0 aromatic carbocycles. The molecule has 28 heavy (non-hydrogen) atoms. The lowest BCUT2D eigenvalue weighted by atomic mass is 9.47. The first kappa shape index (κ1) is 20.8. The Kier molecular flexibility index (Phi) is 6.12. The minimum absolute atomic E-state index is 0.0140. The Bertz CT molecular complexity index is 683. The number of hydrogen-bond acceptors (Lipinski definition) is 6. The highest BCUT2D eigenvalue weighted by atomic mass is 16.5. The highest BCUT2D eigenvalue weighted by molar-refractivity contribution is 5.82. The van der Waals surface area contributed by atoms with Crippen molar-refractivity contribution in [1.29, 1.82) is 5.26 Å². The van der Waals surface area contributed by atoms with Gasteiger partial charge in [-0.25, -0.2) is 0 Å². The fourth-order valence-electron chi connectivity index (χ4n) is 6.35. The van der Waals surface area contributed by atoms with Gasteiger partial charge >= 0.3 is 11.9 Å². The van der Waals surface area contributed by atoms with Gasteiger partial charge in [0.05, 0.1) is 0 Å². The molecule has 0 amide bonds. The molecule has 0 heterocycles. The summed E-state index contributed by atoms with van der Waals surface area (Å²) < 4.78 is 10.6. The molecule has 0 spiro atoms. The lowest BCUT2D eigenvalue weighted by molar-refractivity contribution is -0.160. The predicted molar refractivity (Wildman–Crippen MR) is 101 cm³/mol. The van der Waals surface area contributed by atoms with E-state index >= 15 is 0 Å². The van der Waals surface area contributed by atoms with E-state index < -0.39 is 12.1 Å². The maximum absolute atomic E-state index is 12.7. The molecule has 3 aliphatic rings. The number of nitriles is 1. The summed E-state index contributed by atoms with van der Waals surface area (Å²) in [5.74, 6) is 0.504. The Hall–Kier alpha value is -1.90. The van der Waals surface area contributed by atoms with Gasteiger partial charge in [-0.3, -0.25) is 14.4 Å². The van der Waals surface area contributed by atoms with Crippen LogP contribution in [-0.2, 0) is 23.9 Å². The van der Waals surface area contributed by atoms with Gasteiger partial charge in [0, 0.05) is 32.6 Å². The van der Waals surface area contributed by atoms with Crippen LogP contribution in [0.3, 0.4) is 0 Å². The zero-order valence-electron chi connectivity index (χ0n) is 17.1. The number of carbonyl (C=O) groups is 3. The SMILES string of the molecule is CC(=O)OC(C#N)CC1C(=O)CCC2C1CCC1CC(OC(C)=O)CCC12C. The molecule has 0 bridgehead atoms. The Balaban J connectivity index is 1.75. The number of rotatable bonds is 4. The van der Waals surface area contributed by atoms with Gasteiger partial charge in [0.15, 0.2) is 6.10 Å². The number of nitrogens with zero attached hydrogens (tertiary/aromatic N) is 1. The number of Topliss-reactive ketones (excluding diaryl/α,β-unsaturated/α-hetero) is 1. The average Bonchev–Trinajstić information content (AvgIpc) is 2.62. The van der Waals surface area contributed by atoms with Crippen LogP contribution in [0.5, 0.6) is 0 Å². The highest BCUT2D eigenvalue weighted by Crippen LogP contribution is 2.60. The molecule has 7 atom stereocenters. The maximum Gasteiger partial charge on any atom is 0.303 e. The fourth-order valence-corrected chi connectivity index (χ4v) is 6.35. The van der Waals surface area contributed by atoms with E-state index in [0.29, 0.717) is 24.7 Å². The Morgan fingerprint density at radius 3 is 2.61 bits per heavy atom. The Labute approximate surface area is 166 Å². The van der Waals surface area contributed by atoms with E-state index in [1.165, 1.54) is 13.8 Å². The molecule has 0 N–H and O–H groups in total. The van der Waals surface area contributed by atoms with Gasteiger partial charge in [0.1, 0.15) is 18.0 Å². The molecule has 6 heteroatoms. The second-order valence-electron chi connectivity index (χ2n) is 9.13. The standard InChI is InChI=1S/C22H31NO5/c1-13(24)27-16-8-9-22(3)15(10-16)4-5-18-19(21(26)7-6-20(18)22)11-17(12-23)28-14(2)25/h15-20H,4-11H2,1-3H3. The molecular formula is C22H31NO5. The molecule has 3 saturated carbocycles. The van der Waals surface area contributed by atoms with Crippen molar-refractivity contribution < 1.29 is 23.9 Å². The number of ether oxygens (including phenoxy) is 2. The largest absolute Gasteiger partial charge is 0.463 e. The van der Waals surface area contributed by atoms with Crippen molar-refractivity contribution in [3.63, 3.8) is 0 Å². The highest BCUT2D eigenvalue weighted by Gasteiger charge is 2.55. The molecule has 7 unspecified atom stereocenters. The topological polar surface area (TPSA) is 93.5 Å². The maximum atomic E-state index is 12.7. The van der Waals surface area contributed by atoms with E-state index in [1.807, 2.05) is 6.07 Å². The predicted octanol–water partition coefficient (Wildman–Crippen LogP) is 3.58. The number of ketones is 1. The molecule has 3 fully saturated rings. The molecule has 3 aliphatic carbocycles. The third-order valence-corrected chi connectivity index (χ3v) is 7.58. The molecule has 0 aromatic heterocycles. The third kappa shape index (κ3) is 4.09. The number of fused-ring (bicyclic) bond motifs is 3. The lowest BCUT2D eigenvalue weighted by Gasteiger charge is -2.57. The molecule has 0 aliphatic heterocycles. The van der Waals surface area contributed by atoms with Crippen molar-refractivity contribution in [3.8, 4) is 6.07 Å². The van der Waals surface area contributed by atoms with E-state index in [9.17, 15) is 19.6 Å². The molecule has 3 rings (SSSR count). The van der Waals surface area contributed by atoms with Crippen molar-refractivity contribution in [2.75, 3.05) is 0 Å². The molecule has 0 saturated heterocycles. The van der Waals surface area contributed by atoms with Crippen LogP contribution >= 0.6 is 0 Å². The van der Waals surface area contributed by atoms with Crippen molar-refractivity contribution in [3.05, 3.63) is 0 Å². The molecule has 0 radical (unpaired) electrons. The van der Waals surface area contributed by atoms with Crippen LogP contribution in [-0.4, -0.2) is 29.9 Å². The Morgan fingerprint density at radius 2 is 1.96 bits per heavy atom. The molecule has 6 nitrogen and oxygen atoms in total. The minimum Gasteiger partial charge on any atom is -0.463 e. The van der Waals surface area contributed by atoms with Crippen LogP contribution in [0.25, 0.3) is 0 Å². The van der Waals surface area contributed by atoms with Crippen molar-refractivity contribution in [2.24, 2.45) is 29.1 Å². The van der Waals surface area contributed by atoms with E-state index in [2.05, 4.69) is 6.92 Å². The second-order valence-corrected chi connectivity index (χ2v) is 9.13. The van der Waals surface area contributed by atoms with E-state index in [1.54, 1.807) is 0 Å². The Morgan fingerprint density at radius 1 is 1.21 bits per heavy atom. The summed E-state index contributed by atoms with van der Waals surface area (Å²) in [5, 5.41) is 9.35. The van der Waals surface area contributed by atoms with Gasteiger partial charge in [-0.1, -0.05) is 6.92 Å². The van der Waals surface area contributed by atoms with Crippen LogP contribution < -0.4 is 0 Å². The number of carbonyl (C=O) groups excluding carboxylic acids is 3. The van der Waals surface area contributed by atoms with Crippen molar-refractivity contribution >= 4 is 17.7 Å². The summed E-state index contributed by atoms with van der Waals surface area (Å²) in [4.78, 5) is 35.3. The second kappa shape index (κ2) is 8.23. The van der Waals surface area contributed by atoms with Crippen molar-refractivity contribution in [2.45, 2.75) is 84.3 Å². The number of hydrogen-bond donors (Lipinski definition) is 0. The molecular weight excluding hydrogens is 358 g/mol. The van der Waals surface area contributed by atoms with Gasteiger partial charge in [0.2, 0.25) is 0 Å². The zero-order chi connectivity index (χ0) is 20.5. The van der Waals surface area contributed by atoms with Crippen LogP contribution in [0.2, 0.25) is 0 Å². The van der Waals surface area contributed by atoms with Crippen LogP contribution in [0.15, 0.2) is 0 Å². The van der Waals surface area contributed by atoms with Crippen LogP contribution in [0.1, 0.15) is 72.1 Å². The lowest BCUT2D eigenvalue weighted by Crippen LogP contribution is -2.53. The smallest absolute Gasteiger partial charge is 0.303 e. The molecule has 154 valence electrons. The van der Waals surface area contributed by atoms with Crippen molar-refractivity contribution in [1.82, 2.24) is 0 Å². The summed E-state index contributed by atoms with van der Waals surface area (Å²) in [6, 6.07) is 2.04. The third-order valence-electron chi connectivity index (χ3n) is 7.58. The summed E-state index contributed by atoms with van der Waals surface area (Å²) in [7, 11) is 0. The van der Waals surface area contributed by atoms with Gasteiger partial charge in [0.25, 0.3) is 0 Å². The van der Waals surface area contributed by atoms with Gasteiger partial charge in [-0.05, 0) is 61.7 Å². The van der Waals surface area contributed by atoms with Crippen LogP contribution in [0, 0.1) is 40.4 Å². The number of esters is 2. The van der Waals surface area contributed by atoms with Gasteiger partial charge in [-0.15, -0.1) is 0 Å². The summed E-state index contributed by atoms with van der Waals surface area (Å²) in [5.41, 5.74) is 0.141. The first-order valence-corrected chi connectivity index (χ1v) is 10.5. The fraction of sp³-hybridized carbons (Fsp3) is 0.818. The van der Waals surface area contributed by atoms with Crippen LogP contribution in [0.4, 0.5) is 0 Å². The summed E-state index contributed by atoms with van der Waals surface area (Å²) in [6.07, 6.45) is 5.67. The van der Waals surface area contributed by atoms with E-state index in [0.717, 1.165) is 38.5 Å². The first-order chi connectivity index (χ1) is 13.2. The average molecular weight is 389 g/mol. The monoisotopic (exact) mass is 389 g/mol. The minimum atomic E-state index is -0.851. The van der Waals surface area contributed by atoms with Gasteiger partial charge in [-0.2, -0.15) is 5.26 Å². The molecule has 0 aromatic rings. The zero-order valence-corrected chi connectivity index (χ0v) is 17.1. The van der Waals surface area contributed by atoms with E-state index in [4.69, 9.17) is 9.47 Å². The quantitative estimate of drug-likeness (QED) is 0.682. The summed E-state index contributed by atoms with van der Waals surface area (Å²) >= 11 is 0. The summed E-state index contributed by atoms with van der Waals surface area (Å²) in [6.45, 7) is 5.11. The normalized spacial score (nSPS) is 38.4.